The zero-order valence-corrected chi connectivity index (χ0v) is 12.4. The summed E-state index contributed by atoms with van der Waals surface area (Å²) in [6, 6.07) is 0. The Morgan fingerprint density at radius 2 is 1.80 bits per heavy atom. The second kappa shape index (κ2) is 7.23. The first-order chi connectivity index (χ1) is 6.81. The minimum atomic E-state index is -1.29. The van der Waals surface area contributed by atoms with Gasteiger partial charge in [-0.2, -0.15) is 0 Å². The SMILES string of the molecule is CC(C)=CCCC(C)CCO[Si](C)(C)C. The van der Waals surface area contributed by atoms with Crippen molar-refractivity contribution >= 4 is 8.32 Å². The van der Waals surface area contributed by atoms with E-state index in [-0.39, 0.29) is 0 Å². The van der Waals surface area contributed by atoms with Crippen molar-refractivity contribution in [2.24, 2.45) is 5.92 Å². The van der Waals surface area contributed by atoms with Crippen molar-refractivity contribution in [3.63, 3.8) is 0 Å². The fraction of sp³-hybridized carbons (Fsp3) is 0.846. The molecule has 90 valence electrons. The third kappa shape index (κ3) is 11.8. The Hall–Kier alpha value is -0.0831. The van der Waals surface area contributed by atoms with Gasteiger partial charge in [0, 0.05) is 6.61 Å². The van der Waals surface area contributed by atoms with Gasteiger partial charge in [-0.05, 0) is 58.7 Å². The number of rotatable bonds is 7. The van der Waals surface area contributed by atoms with E-state index in [1.165, 1.54) is 24.8 Å². The summed E-state index contributed by atoms with van der Waals surface area (Å²) >= 11 is 0. The zero-order chi connectivity index (χ0) is 11.9. The van der Waals surface area contributed by atoms with Crippen LogP contribution < -0.4 is 0 Å². The molecule has 0 N–H and O–H groups in total. The van der Waals surface area contributed by atoms with Crippen LogP contribution >= 0.6 is 0 Å². The molecule has 0 aromatic heterocycles. The quantitative estimate of drug-likeness (QED) is 0.457. The second-order valence-corrected chi connectivity index (χ2v) is 10.2. The van der Waals surface area contributed by atoms with E-state index in [0.29, 0.717) is 0 Å². The first-order valence-corrected chi connectivity index (χ1v) is 9.49. The van der Waals surface area contributed by atoms with Crippen LogP contribution in [0.5, 0.6) is 0 Å². The molecule has 1 atom stereocenters. The van der Waals surface area contributed by atoms with Gasteiger partial charge in [-0.25, -0.2) is 0 Å². The summed E-state index contributed by atoms with van der Waals surface area (Å²) in [5, 5.41) is 0. The van der Waals surface area contributed by atoms with Crippen LogP contribution in [0.15, 0.2) is 11.6 Å². The lowest BCUT2D eigenvalue weighted by atomic mass is 10.0. The molecule has 0 saturated heterocycles. The highest BCUT2D eigenvalue weighted by molar-refractivity contribution is 6.69. The first kappa shape index (κ1) is 14.9. The predicted octanol–water partition coefficient (Wildman–Crippen LogP) is 4.61. The molecule has 0 amide bonds. The lowest BCUT2D eigenvalue weighted by molar-refractivity contribution is 0.274. The van der Waals surface area contributed by atoms with E-state index in [0.717, 1.165) is 12.5 Å². The summed E-state index contributed by atoms with van der Waals surface area (Å²) in [7, 11) is -1.29. The highest BCUT2D eigenvalue weighted by atomic mass is 28.4. The summed E-state index contributed by atoms with van der Waals surface area (Å²) in [6.45, 7) is 14.4. The van der Waals surface area contributed by atoms with Crippen LogP contribution in [0.2, 0.25) is 19.6 Å². The van der Waals surface area contributed by atoms with Crippen molar-refractivity contribution in [3.05, 3.63) is 11.6 Å². The van der Waals surface area contributed by atoms with Crippen molar-refractivity contribution in [2.45, 2.75) is 59.7 Å². The topological polar surface area (TPSA) is 9.23 Å². The minimum Gasteiger partial charge on any atom is -0.418 e. The van der Waals surface area contributed by atoms with E-state index in [2.05, 4.69) is 46.5 Å². The molecule has 0 rings (SSSR count). The van der Waals surface area contributed by atoms with Gasteiger partial charge in [0.05, 0.1) is 0 Å². The third-order valence-electron chi connectivity index (χ3n) is 2.36. The van der Waals surface area contributed by atoms with Crippen LogP contribution in [0, 0.1) is 5.92 Å². The molecule has 0 saturated carbocycles. The monoisotopic (exact) mass is 228 g/mol. The van der Waals surface area contributed by atoms with Crippen molar-refractivity contribution in [1.82, 2.24) is 0 Å². The Morgan fingerprint density at radius 1 is 1.20 bits per heavy atom. The van der Waals surface area contributed by atoms with Crippen LogP contribution in [0.3, 0.4) is 0 Å². The standard InChI is InChI=1S/C13H28OSi/c1-12(2)8-7-9-13(3)10-11-14-15(4,5)6/h8,13H,7,9-11H2,1-6H3. The van der Waals surface area contributed by atoms with Crippen LogP contribution in [0.1, 0.15) is 40.0 Å². The first-order valence-electron chi connectivity index (χ1n) is 6.08. The van der Waals surface area contributed by atoms with Gasteiger partial charge in [0.25, 0.3) is 0 Å². The maximum Gasteiger partial charge on any atom is 0.183 e. The maximum absolute atomic E-state index is 5.85. The molecule has 0 fully saturated rings. The van der Waals surface area contributed by atoms with Gasteiger partial charge in [0.2, 0.25) is 0 Å². The molecule has 1 unspecified atom stereocenters. The van der Waals surface area contributed by atoms with E-state index < -0.39 is 8.32 Å². The molecule has 15 heavy (non-hydrogen) atoms. The molecule has 0 heterocycles. The highest BCUT2D eigenvalue weighted by Gasteiger charge is 2.14. The third-order valence-corrected chi connectivity index (χ3v) is 3.43. The number of allylic oxidation sites excluding steroid dienone is 2. The molecule has 0 bridgehead atoms. The number of hydrogen-bond donors (Lipinski definition) is 0. The molecular weight excluding hydrogens is 200 g/mol. The highest BCUT2D eigenvalue weighted by Crippen LogP contribution is 2.13. The molecule has 0 spiro atoms. The van der Waals surface area contributed by atoms with Gasteiger partial charge in [-0.3, -0.25) is 0 Å². The Bertz CT molecular complexity index is 187. The van der Waals surface area contributed by atoms with Gasteiger partial charge < -0.3 is 4.43 Å². The van der Waals surface area contributed by atoms with Crippen LogP contribution in [0.25, 0.3) is 0 Å². The average Bonchev–Trinajstić information content (AvgIpc) is 2.00. The maximum atomic E-state index is 5.85. The van der Waals surface area contributed by atoms with Crippen molar-refractivity contribution < 1.29 is 4.43 Å². The van der Waals surface area contributed by atoms with Gasteiger partial charge in [0.1, 0.15) is 0 Å². The van der Waals surface area contributed by atoms with Gasteiger partial charge in [-0.1, -0.05) is 18.6 Å². The second-order valence-electron chi connectivity index (χ2n) is 5.71. The summed E-state index contributed by atoms with van der Waals surface area (Å²) in [5.41, 5.74) is 1.43. The molecule has 0 aliphatic carbocycles. The Morgan fingerprint density at radius 3 is 2.27 bits per heavy atom. The summed E-state index contributed by atoms with van der Waals surface area (Å²) in [4.78, 5) is 0. The minimum absolute atomic E-state index is 0.789. The smallest absolute Gasteiger partial charge is 0.183 e. The molecule has 0 aliphatic rings. The van der Waals surface area contributed by atoms with Gasteiger partial charge in [0.15, 0.2) is 8.32 Å². The summed E-state index contributed by atoms with van der Waals surface area (Å²) < 4.78 is 5.85. The Labute approximate surface area is 97.0 Å². The van der Waals surface area contributed by atoms with Crippen LogP contribution in [0.4, 0.5) is 0 Å². The van der Waals surface area contributed by atoms with E-state index in [4.69, 9.17) is 4.43 Å². The predicted molar refractivity (Wildman–Crippen MR) is 71.7 cm³/mol. The Balaban J connectivity index is 3.50. The van der Waals surface area contributed by atoms with E-state index in [1.807, 2.05) is 0 Å². The molecule has 2 heteroatoms. The molecule has 0 aromatic carbocycles. The van der Waals surface area contributed by atoms with E-state index in [9.17, 15) is 0 Å². The lowest BCUT2D eigenvalue weighted by Crippen LogP contribution is -2.26. The summed E-state index contributed by atoms with van der Waals surface area (Å²) in [6.07, 6.45) is 6.05. The normalized spacial score (nSPS) is 13.7. The fourth-order valence-corrected chi connectivity index (χ4v) is 2.10. The van der Waals surface area contributed by atoms with E-state index in [1.54, 1.807) is 0 Å². The Kier molecular flexibility index (Phi) is 7.19. The van der Waals surface area contributed by atoms with Crippen molar-refractivity contribution in [3.8, 4) is 0 Å². The fourth-order valence-electron chi connectivity index (χ4n) is 1.37. The largest absolute Gasteiger partial charge is 0.418 e. The van der Waals surface area contributed by atoms with E-state index >= 15 is 0 Å². The number of hydrogen-bond acceptors (Lipinski definition) is 1. The average molecular weight is 228 g/mol. The van der Waals surface area contributed by atoms with Crippen LogP contribution in [-0.2, 0) is 4.43 Å². The summed E-state index contributed by atoms with van der Waals surface area (Å²) in [5.74, 6) is 0.789. The molecule has 0 aromatic rings. The zero-order valence-electron chi connectivity index (χ0n) is 11.4. The van der Waals surface area contributed by atoms with Crippen molar-refractivity contribution in [1.29, 1.82) is 0 Å². The van der Waals surface area contributed by atoms with Gasteiger partial charge >= 0.3 is 0 Å². The van der Waals surface area contributed by atoms with Crippen LogP contribution in [-0.4, -0.2) is 14.9 Å². The molecule has 0 aliphatic heterocycles. The molecule has 1 nitrogen and oxygen atoms in total. The molecular formula is C13H28OSi. The van der Waals surface area contributed by atoms with Crippen molar-refractivity contribution in [2.75, 3.05) is 6.61 Å². The van der Waals surface area contributed by atoms with Gasteiger partial charge in [-0.15, -0.1) is 0 Å². The molecule has 0 radical (unpaired) electrons. The lowest BCUT2D eigenvalue weighted by Gasteiger charge is -2.18.